The molecule has 0 aromatic heterocycles. The highest BCUT2D eigenvalue weighted by molar-refractivity contribution is 9.10. The molecule has 17 heavy (non-hydrogen) atoms. The number of nitrogens with zero attached hydrogens (tertiary/aromatic N) is 1. The lowest BCUT2D eigenvalue weighted by molar-refractivity contribution is -0.178. The van der Waals surface area contributed by atoms with Crippen molar-refractivity contribution < 1.29 is 10.0 Å². The van der Waals surface area contributed by atoms with E-state index in [1.54, 1.807) is 0 Å². The van der Waals surface area contributed by atoms with Crippen LogP contribution in [0.1, 0.15) is 32.8 Å². The summed E-state index contributed by atoms with van der Waals surface area (Å²) in [4.78, 5) is 11.9. The van der Waals surface area contributed by atoms with Gasteiger partial charge < -0.3 is 0 Å². The van der Waals surface area contributed by atoms with E-state index in [0.29, 0.717) is 6.42 Å². The third-order valence-corrected chi connectivity index (χ3v) is 3.47. The number of carbonyl (C=O) groups is 1. The van der Waals surface area contributed by atoms with Gasteiger partial charge in [-0.1, -0.05) is 48.8 Å². The van der Waals surface area contributed by atoms with Crippen LogP contribution in [-0.4, -0.2) is 16.2 Å². The number of halogens is 1. The van der Waals surface area contributed by atoms with Crippen molar-refractivity contribution >= 4 is 21.8 Å². The topological polar surface area (TPSA) is 40.5 Å². The van der Waals surface area contributed by atoms with Crippen LogP contribution in [0.15, 0.2) is 28.7 Å². The Balaban J connectivity index is 2.69. The molecule has 1 amide bonds. The highest BCUT2D eigenvalue weighted by Crippen LogP contribution is 2.23. The summed E-state index contributed by atoms with van der Waals surface area (Å²) in [6, 6.07) is 7.52. The fourth-order valence-electron chi connectivity index (χ4n) is 1.34. The van der Waals surface area contributed by atoms with E-state index in [1.165, 1.54) is 0 Å². The van der Waals surface area contributed by atoms with Gasteiger partial charge in [-0.2, -0.15) is 0 Å². The number of hydrogen-bond donors (Lipinski definition) is 1. The van der Waals surface area contributed by atoms with E-state index in [1.807, 2.05) is 45.0 Å². The fraction of sp³-hybridized carbons (Fsp3) is 0.462. The number of amides is 1. The first kappa shape index (κ1) is 14.2. The van der Waals surface area contributed by atoms with E-state index in [2.05, 4.69) is 15.9 Å². The Hall–Kier alpha value is -0.870. The largest absolute Gasteiger partial charge is 0.286 e. The second-order valence-electron chi connectivity index (χ2n) is 4.73. The predicted octanol–water partition coefficient (Wildman–Crippen LogP) is 3.60. The number of rotatable bonds is 4. The van der Waals surface area contributed by atoms with E-state index >= 15 is 0 Å². The lowest BCUT2D eigenvalue weighted by Crippen LogP contribution is -2.38. The molecule has 0 saturated carbocycles. The molecule has 0 heterocycles. The summed E-state index contributed by atoms with van der Waals surface area (Å²) in [5, 5.41) is 10.6. The van der Waals surface area contributed by atoms with Crippen LogP contribution in [-0.2, 0) is 11.3 Å². The average Bonchev–Trinajstić information content (AvgIpc) is 2.31. The molecule has 0 fully saturated rings. The molecule has 3 nitrogen and oxygen atoms in total. The molecule has 0 unspecified atom stereocenters. The van der Waals surface area contributed by atoms with Crippen molar-refractivity contribution in [3.63, 3.8) is 0 Å². The summed E-state index contributed by atoms with van der Waals surface area (Å²) in [5.74, 6) is -0.247. The molecule has 0 aliphatic carbocycles. The molecule has 0 spiro atoms. The van der Waals surface area contributed by atoms with Crippen molar-refractivity contribution in [3.8, 4) is 0 Å². The molecule has 0 bridgehead atoms. The van der Waals surface area contributed by atoms with Gasteiger partial charge in [0.05, 0.1) is 6.54 Å². The first-order valence-electron chi connectivity index (χ1n) is 5.62. The highest BCUT2D eigenvalue weighted by atomic mass is 79.9. The molecule has 4 heteroatoms. The molecule has 0 aliphatic rings. The van der Waals surface area contributed by atoms with Gasteiger partial charge in [-0.3, -0.25) is 10.0 Å². The zero-order valence-corrected chi connectivity index (χ0v) is 12.0. The molecule has 1 N–H and O–H groups in total. The Labute approximate surface area is 111 Å². The normalized spacial score (nSPS) is 11.4. The maximum atomic E-state index is 11.9. The zero-order valence-electron chi connectivity index (χ0n) is 10.4. The lowest BCUT2D eigenvalue weighted by Gasteiger charge is -2.26. The molecule has 1 aromatic carbocycles. The number of benzene rings is 1. The van der Waals surface area contributed by atoms with Gasteiger partial charge in [0.15, 0.2) is 0 Å². The number of hydrogen-bond acceptors (Lipinski definition) is 2. The molecule has 1 rings (SSSR count). The van der Waals surface area contributed by atoms with Gasteiger partial charge in [0.1, 0.15) is 0 Å². The zero-order chi connectivity index (χ0) is 13.1. The van der Waals surface area contributed by atoms with Gasteiger partial charge in [-0.05, 0) is 24.1 Å². The van der Waals surface area contributed by atoms with Crippen molar-refractivity contribution in [3.05, 3.63) is 34.3 Å². The van der Waals surface area contributed by atoms with Crippen molar-refractivity contribution in [2.75, 3.05) is 0 Å². The second kappa shape index (κ2) is 5.65. The number of hydroxylamine groups is 2. The van der Waals surface area contributed by atoms with Crippen LogP contribution in [0.2, 0.25) is 0 Å². The monoisotopic (exact) mass is 299 g/mol. The Morgan fingerprint density at radius 2 is 1.88 bits per heavy atom. The van der Waals surface area contributed by atoms with Gasteiger partial charge in [0.2, 0.25) is 0 Å². The maximum Gasteiger partial charge on any atom is 0.251 e. The van der Waals surface area contributed by atoms with Crippen LogP contribution in [0.3, 0.4) is 0 Å². The number of carbonyl (C=O) groups excluding carboxylic acids is 1. The van der Waals surface area contributed by atoms with Crippen LogP contribution in [0.25, 0.3) is 0 Å². The first-order chi connectivity index (χ1) is 7.86. The van der Waals surface area contributed by atoms with Crippen LogP contribution in [0.4, 0.5) is 0 Å². The minimum absolute atomic E-state index is 0.218. The smallest absolute Gasteiger partial charge is 0.251 e. The molecule has 0 atom stereocenters. The van der Waals surface area contributed by atoms with Gasteiger partial charge in [0, 0.05) is 9.89 Å². The molecule has 1 aromatic rings. The Kier molecular flexibility index (Phi) is 4.71. The highest BCUT2D eigenvalue weighted by Gasteiger charge is 2.29. The van der Waals surface area contributed by atoms with Crippen molar-refractivity contribution in [1.29, 1.82) is 0 Å². The average molecular weight is 300 g/mol. The summed E-state index contributed by atoms with van der Waals surface area (Å²) in [7, 11) is 0. The van der Waals surface area contributed by atoms with Crippen LogP contribution < -0.4 is 0 Å². The Bertz CT molecular complexity index is 387. The second-order valence-corrected chi connectivity index (χ2v) is 5.64. The lowest BCUT2D eigenvalue weighted by atomic mass is 9.89. The van der Waals surface area contributed by atoms with E-state index < -0.39 is 5.41 Å². The predicted molar refractivity (Wildman–Crippen MR) is 70.6 cm³/mol. The minimum Gasteiger partial charge on any atom is -0.286 e. The first-order valence-corrected chi connectivity index (χ1v) is 6.41. The Morgan fingerprint density at radius 1 is 1.35 bits per heavy atom. The molecular weight excluding hydrogens is 282 g/mol. The minimum atomic E-state index is -0.524. The van der Waals surface area contributed by atoms with Crippen molar-refractivity contribution in [1.82, 2.24) is 5.06 Å². The summed E-state index contributed by atoms with van der Waals surface area (Å²) in [6.45, 7) is 5.82. The van der Waals surface area contributed by atoms with Crippen molar-refractivity contribution in [2.45, 2.75) is 33.7 Å². The van der Waals surface area contributed by atoms with Gasteiger partial charge in [-0.25, -0.2) is 5.06 Å². The van der Waals surface area contributed by atoms with Crippen LogP contribution in [0, 0.1) is 5.41 Å². The van der Waals surface area contributed by atoms with E-state index in [0.717, 1.165) is 15.1 Å². The fourth-order valence-corrected chi connectivity index (χ4v) is 1.60. The molecule has 94 valence electrons. The maximum absolute atomic E-state index is 11.9. The molecule has 0 aliphatic heterocycles. The summed E-state index contributed by atoms with van der Waals surface area (Å²) in [5.41, 5.74) is 0.375. The van der Waals surface area contributed by atoms with Crippen LogP contribution in [0.5, 0.6) is 0 Å². The molecule has 0 radical (unpaired) electrons. The summed E-state index contributed by atoms with van der Waals surface area (Å²) < 4.78 is 0.978. The standard InChI is InChI=1S/C13H18BrNO2/c1-4-13(2,3)12(16)15(17)9-10-5-7-11(14)8-6-10/h5-8,17H,4,9H2,1-3H3. The quantitative estimate of drug-likeness (QED) is 0.681. The third-order valence-electron chi connectivity index (χ3n) is 2.94. The Morgan fingerprint density at radius 3 is 2.35 bits per heavy atom. The van der Waals surface area contributed by atoms with E-state index in [9.17, 15) is 10.0 Å². The van der Waals surface area contributed by atoms with Gasteiger partial charge >= 0.3 is 0 Å². The summed E-state index contributed by atoms with van der Waals surface area (Å²) in [6.07, 6.45) is 0.698. The van der Waals surface area contributed by atoms with E-state index in [-0.39, 0.29) is 12.5 Å². The SMILES string of the molecule is CCC(C)(C)C(=O)N(O)Cc1ccc(Br)cc1. The van der Waals surface area contributed by atoms with E-state index in [4.69, 9.17) is 0 Å². The molecule has 0 saturated heterocycles. The van der Waals surface area contributed by atoms with Gasteiger partial charge in [-0.15, -0.1) is 0 Å². The molecular formula is C13H18BrNO2. The van der Waals surface area contributed by atoms with Crippen molar-refractivity contribution in [2.24, 2.45) is 5.41 Å². The van der Waals surface area contributed by atoms with Gasteiger partial charge in [0.25, 0.3) is 5.91 Å². The van der Waals surface area contributed by atoms with Crippen LogP contribution >= 0.6 is 15.9 Å². The third kappa shape index (κ3) is 3.82. The summed E-state index contributed by atoms with van der Waals surface area (Å²) >= 11 is 3.34.